The minimum atomic E-state index is 0.980. The van der Waals surface area contributed by atoms with Gasteiger partial charge in [-0.2, -0.15) is 0 Å². The smallest absolute Gasteiger partial charge is 0.101 e. The predicted octanol–water partition coefficient (Wildman–Crippen LogP) is 3.67. The van der Waals surface area contributed by atoms with Gasteiger partial charge in [0.1, 0.15) is 5.84 Å². The first-order valence-electron chi connectivity index (χ1n) is 7.57. The molecular formula is C16H23N3. The first-order chi connectivity index (χ1) is 9.42. The molecule has 3 nitrogen and oxygen atoms in total. The Morgan fingerprint density at radius 2 is 1.68 bits per heavy atom. The molecule has 0 unspecified atom stereocenters. The first kappa shape index (κ1) is 12.5. The quantitative estimate of drug-likeness (QED) is 0.875. The van der Waals surface area contributed by atoms with E-state index < -0.39 is 0 Å². The first-order valence-corrected chi connectivity index (χ1v) is 7.57. The SMILES string of the molecule is c1cc(N2CCCC2)ccc1NC1=NCCCCC1. The number of hydrogen-bond acceptors (Lipinski definition) is 3. The third-order valence-corrected chi connectivity index (χ3v) is 4.00. The van der Waals surface area contributed by atoms with Crippen LogP contribution >= 0.6 is 0 Å². The zero-order valence-corrected chi connectivity index (χ0v) is 11.6. The van der Waals surface area contributed by atoms with Crippen LogP contribution in [0.4, 0.5) is 11.4 Å². The summed E-state index contributed by atoms with van der Waals surface area (Å²) in [6.07, 6.45) is 7.56. The maximum atomic E-state index is 4.61. The van der Waals surface area contributed by atoms with Crippen LogP contribution in [0.5, 0.6) is 0 Å². The summed E-state index contributed by atoms with van der Waals surface area (Å²) in [5.41, 5.74) is 2.52. The zero-order chi connectivity index (χ0) is 12.9. The molecule has 102 valence electrons. The van der Waals surface area contributed by atoms with Crippen molar-refractivity contribution < 1.29 is 0 Å². The van der Waals surface area contributed by atoms with Gasteiger partial charge in [-0.25, -0.2) is 0 Å². The van der Waals surface area contributed by atoms with Gasteiger partial charge in [0, 0.05) is 37.4 Å². The number of amidine groups is 1. The van der Waals surface area contributed by atoms with Gasteiger partial charge in [0.15, 0.2) is 0 Å². The lowest BCUT2D eigenvalue weighted by molar-refractivity contribution is 0.731. The van der Waals surface area contributed by atoms with E-state index in [4.69, 9.17) is 0 Å². The molecular weight excluding hydrogens is 234 g/mol. The average Bonchev–Trinajstić information content (AvgIpc) is 2.86. The number of rotatable bonds is 2. The molecule has 0 amide bonds. The Hall–Kier alpha value is -1.51. The number of anilines is 2. The van der Waals surface area contributed by atoms with E-state index in [1.165, 1.54) is 56.6 Å². The third kappa shape index (κ3) is 3.28. The second-order valence-corrected chi connectivity index (χ2v) is 5.51. The van der Waals surface area contributed by atoms with E-state index in [-0.39, 0.29) is 0 Å². The number of nitrogens with one attached hydrogen (secondary N) is 1. The van der Waals surface area contributed by atoms with Gasteiger partial charge in [0.05, 0.1) is 0 Å². The average molecular weight is 257 g/mol. The monoisotopic (exact) mass is 257 g/mol. The Bertz CT molecular complexity index is 430. The Labute approximate surface area is 115 Å². The minimum Gasteiger partial charge on any atom is -0.372 e. The van der Waals surface area contributed by atoms with Crippen molar-refractivity contribution in [3.8, 4) is 0 Å². The molecule has 0 spiro atoms. The van der Waals surface area contributed by atoms with Crippen LogP contribution in [-0.4, -0.2) is 25.5 Å². The molecule has 1 saturated heterocycles. The highest BCUT2D eigenvalue weighted by atomic mass is 15.1. The Morgan fingerprint density at radius 1 is 0.895 bits per heavy atom. The van der Waals surface area contributed by atoms with Crippen LogP contribution in [0.15, 0.2) is 29.3 Å². The molecule has 1 fully saturated rings. The van der Waals surface area contributed by atoms with Gasteiger partial charge >= 0.3 is 0 Å². The summed E-state index contributed by atoms with van der Waals surface area (Å²) < 4.78 is 0. The normalized spacial score (nSPS) is 20.0. The topological polar surface area (TPSA) is 27.6 Å². The van der Waals surface area contributed by atoms with Crippen LogP contribution in [0.2, 0.25) is 0 Å². The standard InChI is InChI=1S/C16H23N3/c1-2-6-16(17-11-3-1)18-14-7-9-15(10-8-14)19-12-4-5-13-19/h7-10H,1-6,11-13H2,(H,17,18). The summed E-state index contributed by atoms with van der Waals surface area (Å²) in [7, 11) is 0. The van der Waals surface area contributed by atoms with Crippen molar-refractivity contribution in [2.45, 2.75) is 38.5 Å². The summed E-state index contributed by atoms with van der Waals surface area (Å²) in [5.74, 6) is 1.16. The van der Waals surface area contributed by atoms with Crippen molar-refractivity contribution in [2.24, 2.45) is 4.99 Å². The zero-order valence-electron chi connectivity index (χ0n) is 11.6. The molecule has 2 heterocycles. The fraction of sp³-hybridized carbons (Fsp3) is 0.562. The number of hydrogen-bond donors (Lipinski definition) is 1. The predicted molar refractivity (Wildman–Crippen MR) is 82.3 cm³/mol. The Morgan fingerprint density at radius 3 is 2.47 bits per heavy atom. The molecule has 0 aliphatic carbocycles. The van der Waals surface area contributed by atoms with Crippen molar-refractivity contribution >= 4 is 17.2 Å². The van der Waals surface area contributed by atoms with Gasteiger partial charge < -0.3 is 10.2 Å². The lowest BCUT2D eigenvalue weighted by Crippen LogP contribution is -2.17. The summed E-state index contributed by atoms with van der Waals surface area (Å²) in [6, 6.07) is 8.82. The van der Waals surface area contributed by atoms with E-state index >= 15 is 0 Å². The van der Waals surface area contributed by atoms with Gasteiger partial charge in [-0.15, -0.1) is 0 Å². The number of aliphatic imine (C=N–C) groups is 1. The van der Waals surface area contributed by atoms with E-state index in [1.807, 2.05) is 0 Å². The minimum absolute atomic E-state index is 0.980. The molecule has 0 radical (unpaired) electrons. The van der Waals surface area contributed by atoms with Crippen LogP contribution in [0.3, 0.4) is 0 Å². The number of nitrogens with zero attached hydrogens (tertiary/aromatic N) is 2. The van der Waals surface area contributed by atoms with Gasteiger partial charge in [-0.1, -0.05) is 6.42 Å². The number of benzene rings is 1. The second-order valence-electron chi connectivity index (χ2n) is 5.51. The molecule has 2 aliphatic rings. The lowest BCUT2D eigenvalue weighted by atomic mass is 10.2. The van der Waals surface area contributed by atoms with Crippen LogP contribution in [0.25, 0.3) is 0 Å². The fourth-order valence-corrected chi connectivity index (χ4v) is 2.87. The van der Waals surface area contributed by atoms with Crippen molar-refractivity contribution in [3.05, 3.63) is 24.3 Å². The van der Waals surface area contributed by atoms with Crippen molar-refractivity contribution in [1.29, 1.82) is 0 Å². The van der Waals surface area contributed by atoms with E-state index in [1.54, 1.807) is 0 Å². The summed E-state index contributed by atoms with van der Waals surface area (Å²) in [5, 5.41) is 3.47. The van der Waals surface area contributed by atoms with Crippen molar-refractivity contribution in [3.63, 3.8) is 0 Å². The highest BCUT2D eigenvalue weighted by Gasteiger charge is 2.12. The molecule has 3 rings (SSSR count). The molecule has 3 heteroatoms. The van der Waals surface area contributed by atoms with Crippen LogP contribution in [-0.2, 0) is 0 Å². The molecule has 19 heavy (non-hydrogen) atoms. The molecule has 0 atom stereocenters. The van der Waals surface area contributed by atoms with Gasteiger partial charge in [-0.05, 0) is 49.9 Å². The largest absolute Gasteiger partial charge is 0.372 e. The molecule has 0 bridgehead atoms. The molecule has 0 aromatic heterocycles. The maximum Gasteiger partial charge on any atom is 0.101 e. The van der Waals surface area contributed by atoms with Crippen LogP contribution in [0, 0.1) is 0 Å². The third-order valence-electron chi connectivity index (χ3n) is 4.00. The Balaban J connectivity index is 1.63. The van der Waals surface area contributed by atoms with Gasteiger partial charge in [-0.3, -0.25) is 4.99 Å². The van der Waals surface area contributed by atoms with E-state index in [0.29, 0.717) is 0 Å². The molecule has 1 aromatic carbocycles. The van der Waals surface area contributed by atoms with Crippen LogP contribution in [0.1, 0.15) is 38.5 Å². The van der Waals surface area contributed by atoms with Gasteiger partial charge in [0.2, 0.25) is 0 Å². The highest BCUT2D eigenvalue weighted by molar-refractivity contribution is 5.95. The second kappa shape index (κ2) is 6.09. The molecule has 0 saturated carbocycles. The Kier molecular flexibility index (Phi) is 4.01. The van der Waals surface area contributed by atoms with Crippen LogP contribution < -0.4 is 10.2 Å². The van der Waals surface area contributed by atoms with Crippen molar-refractivity contribution in [1.82, 2.24) is 0 Å². The summed E-state index contributed by atoms with van der Waals surface area (Å²) in [4.78, 5) is 7.08. The fourth-order valence-electron chi connectivity index (χ4n) is 2.87. The molecule has 2 aliphatic heterocycles. The van der Waals surface area contributed by atoms with Gasteiger partial charge in [0.25, 0.3) is 0 Å². The van der Waals surface area contributed by atoms with Crippen molar-refractivity contribution in [2.75, 3.05) is 29.9 Å². The van der Waals surface area contributed by atoms with E-state index in [0.717, 1.165) is 18.8 Å². The maximum absolute atomic E-state index is 4.61. The summed E-state index contributed by atoms with van der Waals surface area (Å²) in [6.45, 7) is 3.40. The summed E-state index contributed by atoms with van der Waals surface area (Å²) >= 11 is 0. The molecule has 1 N–H and O–H groups in total. The van der Waals surface area contributed by atoms with E-state index in [9.17, 15) is 0 Å². The van der Waals surface area contributed by atoms with E-state index in [2.05, 4.69) is 39.5 Å². The lowest BCUT2D eigenvalue weighted by Gasteiger charge is -2.18. The highest BCUT2D eigenvalue weighted by Crippen LogP contribution is 2.22. The molecule has 1 aromatic rings.